The molecule has 0 radical (unpaired) electrons. The van der Waals surface area contributed by atoms with Gasteiger partial charge in [-0.15, -0.1) is 0 Å². The molecule has 128 valence electrons. The Morgan fingerprint density at radius 1 is 0.875 bits per heavy atom. The van der Waals surface area contributed by atoms with Crippen LogP contribution in [0, 0.1) is 0 Å². The van der Waals surface area contributed by atoms with Gasteiger partial charge in [-0.05, 0) is 17.7 Å². The van der Waals surface area contributed by atoms with Gasteiger partial charge in [0.1, 0.15) is 12.6 Å². The minimum Gasteiger partial charge on any atom is -0.493 e. The van der Waals surface area contributed by atoms with Crippen LogP contribution in [0.1, 0.15) is 28.8 Å². The van der Waals surface area contributed by atoms with E-state index in [9.17, 15) is 9.59 Å². The third kappa shape index (κ3) is 5.12. The highest BCUT2D eigenvalue weighted by molar-refractivity contribution is 5.78. The van der Waals surface area contributed by atoms with E-state index in [4.69, 9.17) is 14.2 Å². The van der Waals surface area contributed by atoms with Crippen LogP contribution in [-0.2, 0) is 4.79 Å². The molecule has 0 aliphatic heterocycles. The topological polar surface area (TPSA) is 61.8 Å². The average molecular weight is 330 g/mol. The summed E-state index contributed by atoms with van der Waals surface area (Å²) in [5, 5.41) is 0. The number of hydrogen-bond donors (Lipinski definition) is 0. The van der Waals surface area contributed by atoms with Crippen molar-refractivity contribution in [3.8, 4) is 17.2 Å². The molecule has 2 aromatic rings. The quantitative estimate of drug-likeness (QED) is 0.759. The summed E-state index contributed by atoms with van der Waals surface area (Å²) in [5.41, 5.74) is 1.57. The van der Waals surface area contributed by atoms with E-state index in [1.807, 2.05) is 37.3 Å². The van der Waals surface area contributed by atoms with Crippen molar-refractivity contribution in [2.24, 2.45) is 0 Å². The first kappa shape index (κ1) is 19.2. The third-order valence-electron chi connectivity index (χ3n) is 3.35. The van der Waals surface area contributed by atoms with Gasteiger partial charge in [-0.1, -0.05) is 37.3 Å². The lowest BCUT2D eigenvalue weighted by Crippen LogP contribution is -1.96. The highest BCUT2D eigenvalue weighted by Crippen LogP contribution is 2.37. The molecule has 2 rings (SSSR count). The first-order valence-electron chi connectivity index (χ1n) is 7.36. The molecule has 5 nitrogen and oxygen atoms in total. The molecule has 0 aliphatic carbocycles. The van der Waals surface area contributed by atoms with Crippen molar-refractivity contribution in [1.29, 1.82) is 0 Å². The normalized spacial score (nSPS) is 10.7. The highest BCUT2D eigenvalue weighted by atomic mass is 16.5. The van der Waals surface area contributed by atoms with Crippen LogP contribution in [0.3, 0.4) is 0 Å². The number of carbonyl (C=O) groups excluding carboxylic acids is 2. The van der Waals surface area contributed by atoms with Gasteiger partial charge in [-0.25, -0.2) is 0 Å². The summed E-state index contributed by atoms with van der Waals surface area (Å²) >= 11 is 0. The molecular weight excluding hydrogens is 308 g/mol. The Kier molecular flexibility index (Phi) is 8.05. The van der Waals surface area contributed by atoms with Crippen molar-refractivity contribution in [3.63, 3.8) is 0 Å². The molecular formula is C19H22O5. The molecule has 0 saturated heterocycles. The molecule has 24 heavy (non-hydrogen) atoms. The Bertz CT molecular complexity index is 627. The van der Waals surface area contributed by atoms with Crippen molar-refractivity contribution < 1.29 is 23.8 Å². The predicted molar refractivity (Wildman–Crippen MR) is 92.4 cm³/mol. The number of benzene rings is 2. The van der Waals surface area contributed by atoms with Gasteiger partial charge < -0.3 is 19.0 Å². The van der Waals surface area contributed by atoms with Crippen molar-refractivity contribution in [3.05, 3.63) is 53.6 Å². The zero-order chi connectivity index (χ0) is 17.9. The Hall–Kier alpha value is -2.82. The monoisotopic (exact) mass is 330 g/mol. The fourth-order valence-corrected chi connectivity index (χ4v) is 2.00. The highest BCUT2D eigenvalue weighted by Gasteiger charge is 2.12. The van der Waals surface area contributed by atoms with Crippen LogP contribution >= 0.6 is 0 Å². The molecule has 0 spiro atoms. The van der Waals surface area contributed by atoms with E-state index < -0.39 is 0 Å². The number of hydrogen-bond acceptors (Lipinski definition) is 5. The summed E-state index contributed by atoms with van der Waals surface area (Å²) in [6, 6.07) is 12.9. The number of ether oxygens (including phenoxy) is 3. The van der Waals surface area contributed by atoms with Crippen LogP contribution in [-0.4, -0.2) is 33.9 Å². The van der Waals surface area contributed by atoms with Crippen molar-refractivity contribution in [2.75, 3.05) is 21.3 Å². The maximum atomic E-state index is 10.6. The van der Waals surface area contributed by atoms with Crippen LogP contribution in [0.2, 0.25) is 0 Å². The van der Waals surface area contributed by atoms with Crippen LogP contribution in [0.25, 0.3) is 0 Å². The first-order valence-corrected chi connectivity index (χ1v) is 7.36. The first-order chi connectivity index (χ1) is 11.6. The lowest BCUT2D eigenvalue weighted by Gasteiger charge is -2.11. The van der Waals surface area contributed by atoms with Gasteiger partial charge in [0.05, 0.1) is 21.3 Å². The summed E-state index contributed by atoms with van der Waals surface area (Å²) in [4.78, 5) is 20.9. The maximum Gasteiger partial charge on any atom is 0.203 e. The second-order valence-electron chi connectivity index (χ2n) is 4.91. The second-order valence-corrected chi connectivity index (χ2v) is 4.91. The van der Waals surface area contributed by atoms with E-state index in [2.05, 4.69) is 0 Å². The Balaban J connectivity index is 0.000000254. The smallest absolute Gasteiger partial charge is 0.203 e. The van der Waals surface area contributed by atoms with E-state index in [0.29, 0.717) is 22.8 Å². The fourth-order valence-electron chi connectivity index (χ4n) is 2.00. The number of carbonyl (C=O) groups is 2. The van der Waals surface area contributed by atoms with Crippen molar-refractivity contribution in [2.45, 2.75) is 12.8 Å². The molecule has 5 heteroatoms. The zero-order valence-corrected chi connectivity index (χ0v) is 14.3. The molecule has 1 unspecified atom stereocenters. The fraction of sp³-hybridized carbons (Fsp3) is 0.263. The summed E-state index contributed by atoms with van der Waals surface area (Å²) in [7, 11) is 4.53. The molecule has 1 atom stereocenters. The molecule has 0 bridgehead atoms. The summed E-state index contributed by atoms with van der Waals surface area (Å²) < 4.78 is 15.2. The predicted octanol–water partition coefficient (Wildman–Crippen LogP) is 3.51. The van der Waals surface area contributed by atoms with Crippen LogP contribution in [0.5, 0.6) is 17.2 Å². The number of methoxy groups -OCH3 is 3. The Morgan fingerprint density at radius 2 is 1.42 bits per heavy atom. The summed E-state index contributed by atoms with van der Waals surface area (Å²) in [5.74, 6) is 1.48. The van der Waals surface area contributed by atoms with E-state index in [1.54, 1.807) is 12.1 Å². The molecule has 0 saturated carbocycles. The second kappa shape index (κ2) is 10.0. The van der Waals surface area contributed by atoms with Crippen molar-refractivity contribution in [1.82, 2.24) is 0 Å². The zero-order valence-electron chi connectivity index (χ0n) is 14.3. The van der Waals surface area contributed by atoms with Gasteiger partial charge in [0.15, 0.2) is 11.5 Å². The van der Waals surface area contributed by atoms with Crippen LogP contribution in [0.15, 0.2) is 42.5 Å². The molecule has 2 aromatic carbocycles. The minimum absolute atomic E-state index is 0.0289. The van der Waals surface area contributed by atoms with E-state index in [1.165, 1.54) is 21.3 Å². The van der Waals surface area contributed by atoms with Gasteiger partial charge in [0.2, 0.25) is 5.75 Å². The SMILES string of the molecule is CC(C=O)c1ccccc1.COc1cc(C=O)cc(OC)c1OC. The largest absolute Gasteiger partial charge is 0.493 e. The summed E-state index contributed by atoms with van der Waals surface area (Å²) in [6.45, 7) is 1.89. The van der Waals surface area contributed by atoms with Gasteiger partial charge in [-0.2, -0.15) is 0 Å². The number of aldehydes is 2. The van der Waals surface area contributed by atoms with Gasteiger partial charge in [0, 0.05) is 11.5 Å². The molecule has 0 heterocycles. The lowest BCUT2D eigenvalue weighted by molar-refractivity contribution is -0.108. The van der Waals surface area contributed by atoms with Gasteiger partial charge in [0.25, 0.3) is 0 Å². The lowest BCUT2D eigenvalue weighted by atomic mass is 10.0. The van der Waals surface area contributed by atoms with E-state index >= 15 is 0 Å². The maximum absolute atomic E-state index is 10.6. The van der Waals surface area contributed by atoms with Crippen LogP contribution < -0.4 is 14.2 Å². The standard InChI is InChI=1S/C10H12O4.C9H10O/c1-12-8-4-7(6-11)5-9(13-2)10(8)14-3;1-8(7-10)9-5-3-2-4-6-9/h4-6H,1-3H3;2-8H,1H3. The Labute approximate surface area is 142 Å². The molecule has 0 N–H and O–H groups in total. The van der Waals surface area contributed by atoms with Gasteiger partial charge in [-0.3, -0.25) is 4.79 Å². The van der Waals surface area contributed by atoms with Crippen LogP contribution in [0.4, 0.5) is 0 Å². The molecule has 0 amide bonds. The average Bonchev–Trinajstić information content (AvgIpc) is 2.67. The van der Waals surface area contributed by atoms with Crippen molar-refractivity contribution >= 4 is 12.6 Å². The number of rotatable bonds is 6. The molecule has 0 aromatic heterocycles. The summed E-state index contributed by atoms with van der Waals surface area (Å²) in [6.07, 6.45) is 1.68. The van der Waals surface area contributed by atoms with Gasteiger partial charge >= 0.3 is 0 Å². The molecule has 0 fully saturated rings. The van der Waals surface area contributed by atoms with E-state index in [-0.39, 0.29) is 5.92 Å². The molecule has 0 aliphatic rings. The minimum atomic E-state index is 0.0289. The Morgan fingerprint density at radius 3 is 1.79 bits per heavy atom. The third-order valence-corrected chi connectivity index (χ3v) is 3.35. The van der Waals surface area contributed by atoms with E-state index in [0.717, 1.165) is 18.1 Å².